The van der Waals surface area contributed by atoms with Crippen LogP contribution >= 0.6 is 0 Å². The summed E-state index contributed by atoms with van der Waals surface area (Å²) in [6.07, 6.45) is 15.3. The van der Waals surface area contributed by atoms with E-state index in [9.17, 15) is 24.0 Å². The third kappa shape index (κ3) is 22.3. The zero-order chi connectivity index (χ0) is 81.2. The number of unbranched alkanes of at least 4 members (excludes halogenated alkanes) is 1. The number of nitrogens with one attached hydrogen (secondary N) is 1. The fourth-order valence-corrected chi connectivity index (χ4v) is 16.7. The molecule has 2 atom stereocenters. The van der Waals surface area contributed by atoms with Crippen LogP contribution in [-0.4, -0.2) is 180 Å². The molecule has 8 aromatic rings. The number of aromatic nitrogens is 8. The summed E-state index contributed by atoms with van der Waals surface area (Å²) in [4.78, 5) is 112. The van der Waals surface area contributed by atoms with E-state index in [4.69, 9.17) is 37.1 Å². The van der Waals surface area contributed by atoms with Crippen LogP contribution in [0.15, 0.2) is 102 Å². The van der Waals surface area contributed by atoms with Gasteiger partial charge in [-0.3, -0.25) is 43.8 Å². The molecule has 28 heteroatoms. The SMILES string of the molecule is CCCCOc1nc(N)c2c(n1)N(Cc1cccc(CN3CCCC3)c1)C(C)C(=O)C2.CCC[C@H](C)Oc1nc(N)c2c(n1)N(Cc1ccc(CN3CCCC3)cc1)CC(=O)C2.CCOc1nc(N)c2c(n1)N(Cc1cccc(CN3CCCC3)c1)CC(=O)C2.Nc1[nH]c(=O)nc2c1CC(=O)CN2Cc1cccc(CN2CCCC2)c1. The maximum absolute atomic E-state index is 12.7. The van der Waals surface area contributed by atoms with Crippen LogP contribution in [0.25, 0.3) is 0 Å². The van der Waals surface area contributed by atoms with Crippen LogP contribution in [0.2, 0.25) is 0 Å². The first-order valence-corrected chi connectivity index (χ1v) is 41.9. The number of hydrogen-bond acceptors (Lipinski definition) is 27. The number of benzene rings is 4. The monoisotopic (exact) mass is 1580 g/mol. The molecule has 4 fully saturated rings. The van der Waals surface area contributed by atoms with Crippen molar-refractivity contribution in [2.75, 3.05) is 128 Å². The summed E-state index contributed by atoms with van der Waals surface area (Å²) < 4.78 is 17.1. The van der Waals surface area contributed by atoms with Gasteiger partial charge in [-0.25, -0.2) is 4.79 Å². The molecular formula is C88H116N20O8. The molecule has 28 nitrogen and oxygen atoms in total. The van der Waals surface area contributed by atoms with Gasteiger partial charge in [-0.05, 0) is 182 Å². The first-order valence-electron chi connectivity index (χ1n) is 41.9. The van der Waals surface area contributed by atoms with Gasteiger partial charge in [0.05, 0.1) is 45.0 Å². The van der Waals surface area contributed by atoms with E-state index >= 15 is 0 Å². The predicted octanol–water partition coefficient (Wildman–Crippen LogP) is 9.97. The van der Waals surface area contributed by atoms with E-state index < -0.39 is 5.69 Å². The largest absolute Gasteiger partial charge is 0.464 e. The molecule has 0 aliphatic carbocycles. The van der Waals surface area contributed by atoms with Crippen molar-refractivity contribution in [2.24, 2.45) is 0 Å². The van der Waals surface area contributed by atoms with E-state index in [2.05, 4.69) is 158 Å². The lowest BCUT2D eigenvalue weighted by atomic mass is 9.97. The number of nitrogens with two attached hydrogens (primary N) is 4. The second-order valence-corrected chi connectivity index (χ2v) is 32.1. The van der Waals surface area contributed by atoms with Crippen molar-refractivity contribution in [1.29, 1.82) is 0 Å². The summed E-state index contributed by atoms with van der Waals surface area (Å²) in [5.41, 5.74) is 36.4. The molecule has 4 saturated heterocycles. The van der Waals surface area contributed by atoms with Crippen molar-refractivity contribution in [2.45, 2.75) is 202 Å². The summed E-state index contributed by atoms with van der Waals surface area (Å²) in [5, 5.41) is 0. The van der Waals surface area contributed by atoms with Gasteiger partial charge in [0.15, 0.2) is 23.1 Å². The maximum atomic E-state index is 12.7. The zero-order valence-corrected chi connectivity index (χ0v) is 68.3. The van der Waals surface area contributed by atoms with Crippen molar-refractivity contribution in [3.8, 4) is 18.0 Å². The van der Waals surface area contributed by atoms with Crippen molar-refractivity contribution in [1.82, 2.24) is 59.5 Å². The Balaban J connectivity index is 0.000000135. The summed E-state index contributed by atoms with van der Waals surface area (Å²) >= 11 is 0. The van der Waals surface area contributed by atoms with Crippen LogP contribution in [0.3, 0.4) is 0 Å². The Morgan fingerprint density at radius 1 is 0.422 bits per heavy atom. The zero-order valence-electron chi connectivity index (χ0n) is 68.3. The van der Waals surface area contributed by atoms with E-state index in [-0.39, 0.29) is 85.3 Å². The number of H-pyrrole nitrogens is 1. The van der Waals surface area contributed by atoms with Gasteiger partial charge in [0.2, 0.25) is 0 Å². The summed E-state index contributed by atoms with van der Waals surface area (Å²) in [6.45, 7) is 27.6. The number of aromatic amines is 1. The molecule has 0 amide bonds. The van der Waals surface area contributed by atoms with Gasteiger partial charge < -0.3 is 56.7 Å². The average molecular weight is 1580 g/mol. The first-order chi connectivity index (χ1) is 56.3. The van der Waals surface area contributed by atoms with Gasteiger partial charge in [0, 0.05) is 100 Å². The number of nitrogen functional groups attached to an aromatic ring is 4. The molecular weight excluding hydrogens is 1470 g/mol. The predicted molar refractivity (Wildman–Crippen MR) is 453 cm³/mol. The van der Waals surface area contributed by atoms with Gasteiger partial charge in [-0.15, -0.1) is 0 Å². The van der Waals surface area contributed by atoms with E-state index in [0.717, 1.165) is 93.0 Å². The Hall–Kier alpha value is -10.7. The number of carbonyl (C=O) groups is 4. The van der Waals surface area contributed by atoms with Crippen molar-refractivity contribution < 1.29 is 33.4 Å². The molecule has 4 aromatic heterocycles. The molecule has 0 radical (unpaired) electrons. The minimum absolute atomic E-state index is 0.0178. The van der Waals surface area contributed by atoms with Crippen molar-refractivity contribution in [3.05, 3.63) is 174 Å². The van der Waals surface area contributed by atoms with Gasteiger partial charge in [-0.2, -0.15) is 34.9 Å². The summed E-state index contributed by atoms with van der Waals surface area (Å²) in [5.74, 6) is 4.37. The van der Waals surface area contributed by atoms with Crippen molar-refractivity contribution >= 4 is 69.7 Å². The fraction of sp³-hybridized carbons (Fsp3) is 0.500. The summed E-state index contributed by atoms with van der Waals surface area (Å²) in [6, 6.07) is 34.9. The number of hydrogen-bond donors (Lipinski definition) is 5. The Bertz CT molecular complexity index is 4770. The molecule has 616 valence electrons. The lowest BCUT2D eigenvalue weighted by Gasteiger charge is -2.35. The Kier molecular flexibility index (Phi) is 28.6. The number of likely N-dealkylation sites (tertiary alicyclic amines) is 4. The topological polar surface area (TPSA) is 349 Å². The van der Waals surface area contributed by atoms with Gasteiger partial charge in [0.1, 0.15) is 46.5 Å². The molecule has 1 unspecified atom stereocenters. The number of ether oxygens (including phenoxy) is 3. The first kappa shape index (κ1) is 83.3. The minimum Gasteiger partial charge on any atom is -0.464 e. The molecule has 12 heterocycles. The smallest absolute Gasteiger partial charge is 0.348 e. The van der Waals surface area contributed by atoms with Crippen LogP contribution in [0.4, 0.5) is 46.5 Å². The van der Waals surface area contributed by atoms with Gasteiger partial charge in [-0.1, -0.05) is 124 Å². The van der Waals surface area contributed by atoms with E-state index in [1.54, 1.807) is 0 Å². The number of carbonyl (C=O) groups excluding carboxylic acids is 4. The van der Waals surface area contributed by atoms with Gasteiger partial charge >= 0.3 is 23.7 Å². The molecule has 0 saturated carbocycles. The lowest BCUT2D eigenvalue weighted by Crippen LogP contribution is -2.44. The molecule has 116 heavy (non-hydrogen) atoms. The maximum Gasteiger partial charge on any atom is 0.348 e. The number of fused-ring (bicyclic) bond motifs is 4. The number of nitrogens with zero attached hydrogens (tertiary/aromatic N) is 15. The van der Waals surface area contributed by atoms with Crippen LogP contribution in [0.5, 0.6) is 18.0 Å². The van der Waals surface area contributed by atoms with Crippen LogP contribution in [-0.2, 0) is 97.2 Å². The Morgan fingerprint density at radius 2 is 0.793 bits per heavy atom. The molecule has 8 aliphatic heterocycles. The quantitative estimate of drug-likeness (QED) is 0.0315. The van der Waals surface area contributed by atoms with E-state index in [0.29, 0.717) is 116 Å². The molecule has 0 spiro atoms. The highest BCUT2D eigenvalue weighted by Crippen LogP contribution is 2.37. The van der Waals surface area contributed by atoms with Crippen LogP contribution in [0.1, 0.15) is 178 Å². The minimum atomic E-state index is -0.483. The Morgan fingerprint density at radius 3 is 1.24 bits per heavy atom. The number of rotatable bonds is 26. The van der Waals surface area contributed by atoms with E-state index in [1.807, 2.05) is 52.5 Å². The fourth-order valence-electron chi connectivity index (χ4n) is 16.7. The van der Waals surface area contributed by atoms with Crippen molar-refractivity contribution in [3.63, 3.8) is 0 Å². The lowest BCUT2D eigenvalue weighted by molar-refractivity contribution is -0.120. The van der Waals surface area contributed by atoms with Crippen LogP contribution in [0, 0.1) is 0 Å². The number of Topliss-reactive ketones (excluding diaryl/α,β-unsaturated/α-hetero) is 4. The Labute approximate surface area is 681 Å². The second-order valence-electron chi connectivity index (χ2n) is 32.1. The van der Waals surface area contributed by atoms with Gasteiger partial charge in [0.25, 0.3) is 0 Å². The highest BCUT2D eigenvalue weighted by molar-refractivity contribution is 5.95. The molecule has 9 N–H and O–H groups in total. The molecule has 8 aliphatic rings. The normalized spacial score (nSPS) is 17.8. The average Bonchev–Trinajstić information content (AvgIpc) is 1.61. The summed E-state index contributed by atoms with van der Waals surface area (Å²) in [7, 11) is 0. The second kappa shape index (κ2) is 39.8. The van der Waals surface area contributed by atoms with Crippen LogP contribution < -0.4 is 62.4 Å². The number of ketones is 4. The number of anilines is 8. The standard InChI is InChI=1S/2C24H33N5O2.C21H27N5O2.C19H23N5O2/c1-3-6-17(2)31-24-26-22(25)21-13-20(30)16-29(23(21)27-24)15-19-9-7-18(8-10-19)14-28-11-4-5-12-28;1-3-4-12-31-24-26-22(25)20-14-21(30)17(2)29(23(20)27-24)16-19-9-7-8-18(13-19)15-28-10-5-6-11-28;1-2-28-21-23-19(22)18-11-17(27)14-26(20(18)24-21)13-16-7-5-6-15(10-16)12-25-8-3-4-9-25;20-17-16-9-15(25)12-24(18(16)22-19(26)21-17)11-14-5-3-4-13(8-14)10-23-6-1-2-7-23/h7-10,17H,3-6,11-16H2,1-2H3,(H2,25,26,27);7-9,13,17H,3-6,10-12,14-16H2,1-2H3,(H2,25,26,27);5-7,10H,2-4,8-9,11-14H2,1H3,(H2,22,23,24);3-5,8H,1-2,6-7,9-12H2,(H3,20,21,22,26)/t17-;;;/m0.../s1. The highest BCUT2D eigenvalue weighted by Gasteiger charge is 2.36. The molecule has 4 aromatic carbocycles. The highest BCUT2D eigenvalue weighted by atomic mass is 16.5. The molecule has 0 bridgehead atoms. The third-order valence-electron chi connectivity index (χ3n) is 22.6. The third-order valence-corrected chi connectivity index (χ3v) is 22.6. The van der Waals surface area contributed by atoms with E-state index in [1.165, 1.54) is 113 Å². The molecule has 16 rings (SSSR count).